The lowest BCUT2D eigenvalue weighted by Gasteiger charge is -2.36. The second-order valence-electron chi connectivity index (χ2n) is 7.01. The second-order valence-corrected chi connectivity index (χ2v) is 7.86. The average Bonchev–Trinajstić information content (AvgIpc) is 3.08. The van der Waals surface area contributed by atoms with E-state index < -0.39 is 0 Å². The third kappa shape index (κ3) is 3.90. The Morgan fingerprint density at radius 3 is 3.11 bits per heavy atom. The molecule has 3 aromatic heterocycles. The fourth-order valence-electron chi connectivity index (χ4n) is 3.75. The molecule has 1 aliphatic rings. The maximum atomic E-state index is 11.5. The van der Waals surface area contributed by atoms with Crippen molar-refractivity contribution in [2.75, 3.05) is 23.4 Å². The first kappa shape index (κ1) is 18.9. The van der Waals surface area contributed by atoms with Crippen molar-refractivity contribution < 1.29 is 9.84 Å². The molecule has 4 rings (SSSR count). The number of pyridine rings is 1. The fraction of sp³-hybridized carbons (Fsp3) is 0.421. The van der Waals surface area contributed by atoms with E-state index in [0.29, 0.717) is 6.54 Å². The molecule has 9 heteroatoms. The van der Waals surface area contributed by atoms with Crippen molar-refractivity contribution in [2.45, 2.75) is 38.3 Å². The zero-order valence-electron chi connectivity index (χ0n) is 15.5. The van der Waals surface area contributed by atoms with Crippen LogP contribution < -0.4 is 14.9 Å². The first-order valence-corrected chi connectivity index (χ1v) is 10.3. The van der Waals surface area contributed by atoms with E-state index in [1.807, 2.05) is 12.1 Å². The molecule has 0 saturated carbocycles. The maximum Gasteiger partial charge on any atom is 0.185 e. The van der Waals surface area contributed by atoms with Crippen LogP contribution in [0.4, 0.5) is 11.6 Å². The summed E-state index contributed by atoms with van der Waals surface area (Å²) >= 11 is 3.53. The number of aliphatic hydroxyl groups excluding tert-OH is 1. The van der Waals surface area contributed by atoms with E-state index in [0.717, 1.165) is 57.9 Å². The van der Waals surface area contributed by atoms with Gasteiger partial charge in [0.2, 0.25) is 0 Å². The van der Waals surface area contributed by atoms with Crippen LogP contribution in [0.25, 0.3) is 5.65 Å². The Kier molecular flexibility index (Phi) is 5.63. The highest BCUT2D eigenvalue weighted by atomic mass is 79.9. The number of hydrogen-bond donors (Lipinski definition) is 2. The summed E-state index contributed by atoms with van der Waals surface area (Å²) in [5.74, 6) is 1.68. The monoisotopic (exact) mass is 446 g/mol. The van der Waals surface area contributed by atoms with Gasteiger partial charge in [-0.1, -0.05) is 0 Å². The molecule has 3 aromatic rings. The van der Waals surface area contributed by atoms with Crippen LogP contribution in [-0.2, 0) is 6.54 Å². The number of hydrogen-bond acceptors (Lipinski definition) is 6. The van der Waals surface area contributed by atoms with Crippen LogP contribution in [0.5, 0.6) is 0 Å². The Hall–Kier alpha value is -2.39. The number of aromatic nitrogens is 4. The van der Waals surface area contributed by atoms with Crippen molar-refractivity contribution in [1.29, 1.82) is 0 Å². The Balaban J connectivity index is 1.67. The zero-order chi connectivity index (χ0) is 19.5. The molecule has 1 atom stereocenters. The molecule has 0 bridgehead atoms. The van der Waals surface area contributed by atoms with Gasteiger partial charge in [-0.15, -0.1) is 0 Å². The topological polar surface area (TPSA) is 92.6 Å². The minimum atomic E-state index is 0.175. The lowest BCUT2D eigenvalue weighted by Crippen LogP contribution is -2.40. The summed E-state index contributed by atoms with van der Waals surface area (Å²) in [4.78, 5) is 7.11. The normalized spacial score (nSPS) is 17.2. The van der Waals surface area contributed by atoms with Gasteiger partial charge in [0.05, 0.1) is 10.7 Å². The molecule has 28 heavy (non-hydrogen) atoms. The smallest absolute Gasteiger partial charge is 0.185 e. The first-order chi connectivity index (χ1) is 13.7. The third-order valence-electron chi connectivity index (χ3n) is 5.11. The molecular weight excluding hydrogens is 424 g/mol. The van der Waals surface area contributed by atoms with Gasteiger partial charge in [0.25, 0.3) is 0 Å². The van der Waals surface area contributed by atoms with Crippen molar-refractivity contribution in [1.82, 2.24) is 14.6 Å². The Bertz CT molecular complexity index is 961. The largest absolute Gasteiger partial charge is 0.619 e. The summed E-state index contributed by atoms with van der Waals surface area (Å²) in [5.41, 5.74) is 1.62. The van der Waals surface area contributed by atoms with Gasteiger partial charge >= 0.3 is 0 Å². The number of nitrogens with zero attached hydrogens (tertiary/aromatic N) is 5. The number of rotatable bonds is 6. The maximum absolute atomic E-state index is 11.5. The highest BCUT2D eigenvalue weighted by Gasteiger charge is 2.24. The van der Waals surface area contributed by atoms with E-state index in [1.54, 1.807) is 23.0 Å². The van der Waals surface area contributed by atoms with Gasteiger partial charge in [0.15, 0.2) is 18.0 Å². The molecule has 8 nitrogen and oxygen atoms in total. The van der Waals surface area contributed by atoms with Crippen LogP contribution in [0, 0.1) is 5.21 Å². The summed E-state index contributed by atoms with van der Waals surface area (Å²) in [5, 5.41) is 28.7. The van der Waals surface area contributed by atoms with Crippen LogP contribution in [0.15, 0.2) is 41.3 Å². The number of aliphatic hydroxyl groups is 1. The van der Waals surface area contributed by atoms with E-state index in [-0.39, 0.29) is 12.6 Å². The molecule has 2 N–H and O–H groups in total. The minimum absolute atomic E-state index is 0.175. The average molecular weight is 447 g/mol. The quantitative estimate of drug-likeness (QED) is 0.446. The highest BCUT2D eigenvalue weighted by molar-refractivity contribution is 9.10. The van der Waals surface area contributed by atoms with E-state index in [1.165, 1.54) is 12.6 Å². The fourth-order valence-corrected chi connectivity index (χ4v) is 4.09. The van der Waals surface area contributed by atoms with Crippen LogP contribution in [0.2, 0.25) is 0 Å². The highest BCUT2D eigenvalue weighted by Crippen LogP contribution is 2.29. The third-order valence-corrected chi connectivity index (χ3v) is 5.67. The van der Waals surface area contributed by atoms with Crippen LogP contribution >= 0.6 is 15.9 Å². The molecule has 0 spiro atoms. The van der Waals surface area contributed by atoms with Crippen molar-refractivity contribution in [3.8, 4) is 0 Å². The number of piperidine rings is 1. The lowest BCUT2D eigenvalue weighted by molar-refractivity contribution is -0.605. The van der Waals surface area contributed by atoms with Gasteiger partial charge in [-0.25, -0.2) is 4.98 Å². The van der Waals surface area contributed by atoms with Crippen molar-refractivity contribution in [3.05, 3.63) is 52.0 Å². The Morgan fingerprint density at radius 2 is 2.29 bits per heavy atom. The predicted molar refractivity (Wildman–Crippen MR) is 110 cm³/mol. The standard InChI is InChI=1S/C19H23BrN6O2/c20-16-12-22-26-17(21-11-14-4-3-7-24(28)13-14)10-18(23-19(16)26)25-8-2-1-5-15(25)6-9-27/h3-4,7,10,12-13,15,21,27H,1-2,5-6,8-9,11H2. The van der Waals surface area contributed by atoms with Gasteiger partial charge in [0, 0.05) is 43.4 Å². The number of halogens is 1. The molecule has 1 saturated heterocycles. The molecule has 0 radical (unpaired) electrons. The summed E-state index contributed by atoms with van der Waals surface area (Å²) < 4.78 is 3.37. The van der Waals surface area contributed by atoms with Gasteiger partial charge in [-0.3, -0.25) is 0 Å². The Labute approximate surface area is 171 Å². The molecule has 0 aromatic carbocycles. The van der Waals surface area contributed by atoms with Gasteiger partial charge in [0.1, 0.15) is 11.6 Å². The van der Waals surface area contributed by atoms with E-state index in [4.69, 9.17) is 4.98 Å². The van der Waals surface area contributed by atoms with E-state index in [2.05, 4.69) is 31.2 Å². The number of fused-ring (bicyclic) bond motifs is 1. The summed E-state index contributed by atoms with van der Waals surface area (Å²) in [6.45, 7) is 1.60. The summed E-state index contributed by atoms with van der Waals surface area (Å²) in [6, 6.07) is 5.92. The van der Waals surface area contributed by atoms with E-state index >= 15 is 0 Å². The van der Waals surface area contributed by atoms with Crippen molar-refractivity contribution in [2.24, 2.45) is 0 Å². The number of nitrogens with one attached hydrogen (secondary N) is 1. The molecule has 1 aliphatic heterocycles. The zero-order valence-corrected chi connectivity index (χ0v) is 17.0. The molecule has 148 valence electrons. The van der Waals surface area contributed by atoms with Gasteiger partial charge in [-0.05, 0) is 47.7 Å². The number of anilines is 2. The van der Waals surface area contributed by atoms with Crippen LogP contribution in [0.3, 0.4) is 0 Å². The van der Waals surface area contributed by atoms with E-state index in [9.17, 15) is 10.3 Å². The molecule has 4 heterocycles. The minimum Gasteiger partial charge on any atom is -0.619 e. The lowest BCUT2D eigenvalue weighted by atomic mass is 9.99. The molecule has 1 unspecified atom stereocenters. The Morgan fingerprint density at radius 1 is 1.39 bits per heavy atom. The van der Waals surface area contributed by atoms with Crippen LogP contribution in [-0.4, -0.2) is 38.9 Å². The second kappa shape index (κ2) is 8.32. The molecule has 1 fully saturated rings. The van der Waals surface area contributed by atoms with Gasteiger partial charge < -0.3 is 20.5 Å². The van der Waals surface area contributed by atoms with Crippen molar-refractivity contribution >= 4 is 33.2 Å². The molecular formula is C19H23BrN6O2. The van der Waals surface area contributed by atoms with Gasteiger partial charge in [-0.2, -0.15) is 14.3 Å². The molecule has 0 amide bonds. The van der Waals surface area contributed by atoms with Crippen LogP contribution in [0.1, 0.15) is 31.2 Å². The SMILES string of the molecule is [O-][n+]1cccc(CNc2cc(N3CCCCC3CCO)nc3c(Br)cnn23)c1. The predicted octanol–water partition coefficient (Wildman–Crippen LogP) is 2.48. The molecule has 0 aliphatic carbocycles. The van der Waals surface area contributed by atoms with Crippen molar-refractivity contribution in [3.63, 3.8) is 0 Å². The first-order valence-electron chi connectivity index (χ1n) is 9.49. The summed E-state index contributed by atoms with van der Waals surface area (Å²) in [6.07, 6.45) is 8.84. The summed E-state index contributed by atoms with van der Waals surface area (Å²) in [7, 11) is 0.